The molecule has 28 heavy (non-hydrogen) atoms. The van der Waals surface area contributed by atoms with Crippen LogP contribution in [0.15, 0.2) is 29.1 Å². The molecule has 1 aromatic carbocycles. The second-order valence-corrected chi connectivity index (χ2v) is 7.98. The topological polar surface area (TPSA) is 70.6 Å². The summed E-state index contributed by atoms with van der Waals surface area (Å²) in [5.74, 6) is 0.637. The van der Waals surface area contributed by atoms with Crippen molar-refractivity contribution in [3.8, 4) is 0 Å². The molecule has 4 rings (SSSR count). The lowest BCUT2D eigenvalue weighted by Gasteiger charge is -2.37. The van der Waals surface area contributed by atoms with E-state index in [-0.39, 0.29) is 17.8 Å². The van der Waals surface area contributed by atoms with E-state index in [0.717, 1.165) is 69.4 Å². The van der Waals surface area contributed by atoms with Crippen molar-refractivity contribution in [2.75, 3.05) is 39.3 Å². The molecule has 1 amide bonds. The van der Waals surface area contributed by atoms with Crippen molar-refractivity contribution in [3.05, 3.63) is 34.7 Å². The van der Waals surface area contributed by atoms with Crippen LogP contribution in [-0.2, 0) is 4.74 Å². The molecule has 0 radical (unpaired) electrons. The number of benzene rings is 1. The fourth-order valence-electron chi connectivity index (χ4n) is 4.67. The van der Waals surface area contributed by atoms with Crippen LogP contribution in [0, 0.1) is 5.92 Å². The van der Waals surface area contributed by atoms with Gasteiger partial charge in [-0.1, -0.05) is 12.1 Å². The smallest absolute Gasteiger partial charge is 0.409 e. The number of hydrogen-bond acceptors (Lipinski definition) is 4. The molecule has 2 aliphatic heterocycles. The minimum absolute atomic E-state index is 0.00554. The highest BCUT2D eigenvalue weighted by Crippen LogP contribution is 2.27. The van der Waals surface area contributed by atoms with Crippen LogP contribution in [0.1, 0.15) is 38.6 Å². The highest BCUT2D eigenvalue weighted by Gasteiger charge is 2.28. The number of aromatic amines is 1. The van der Waals surface area contributed by atoms with Crippen LogP contribution >= 0.6 is 0 Å². The van der Waals surface area contributed by atoms with Crippen molar-refractivity contribution in [1.82, 2.24) is 19.4 Å². The van der Waals surface area contributed by atoms with Crippen LogP contribution in [0.5, 0.6) is 0 Å². The van der Waals surface area contributed by atoms with Crippen LogP contribution < -0.4 is 5.69 Å². The minimum Gasteiger partial charge on any atom is -0.450 e. The maximum Gasteiger partial charge on any atom is 0.409 e. The number of rotatable bonds is 4. The van der Waals surface area contributed by atoms with Crippen LogP contribution in [0.25, 0.3) is 11.0 Å². The molecule has 3 heterocycles. The predicted molar refractivity (Wildman–Crippen MR) is 109 cm³/mol. The number of amides is 1. The SMILES string of the molecule is CCOC(=O)N1CCC(CN2CCC(n3c(=O)[nH]c4ccccc43)CC2)CC1. The Morgan fingerprint density at radius 3 is 2.54 bits per heavy atom. The second kappa shape index (κ2) is 8.39. The number of imidazole rings is 1. The molecule has 2 aromatic rings. The average molecular weight is 386 g/mol. The summed E-state index contributed by atoms with van der Waals surface area (Å²) in [6, 6.07) is 8.20. The van der Waals surface area contributed by atoms with Gasteiger partial charge >= 0.3 is 11.8 Å². The number of ether oxygens (including phenoxy) is 1. The molecule has 2 aliphatic rings. The van der Waals surface area contributed by atoms with Gasteiger partial charge in [-0.05, 0) is 50.7 Å². The Hall–Kier alpha value is -2.28. The van der Waals surface area contributed by atoms with Gasteiger partial charge in [-0.15, -0.1) is 0 Å². The molecule has 1 N–H and O–H groups in total. The lowest BCUT2D eigenvalue weighted by molar-refractivity contribution is 0.0817. The molecule has 152 valence electrons. The largest absolute Gasteiger partial charge is 0.450 e. The third kappa shape index (κ3) is 3.94. The Morgan fingerprint density at radius 2 is 1.82 bits per heavy atom. The Kier molecular flexibility index (Phi) is 5.71. The maximum absolute atomic E-state index is 12.4. The summed E-state index contributed by atoms with van der Waals surface area (Å²) in [5.41, 5.74) is 1.94. The van der Waals surface area contributed by atoms with E-state index < -0.39 is 0 Å². The van der Waals surface area contributed by atoms with Gasteiger partial charge in [-0.3, -0.25) is 4.57 Å². The van der Waals surface area contributed by atoms with E-state index in [0.29, 0.717) is 12.5 Å². The zero-order chi connectivity index (χ0) is 19.5. The van der Waals surface area contributed by atoms with Gasteiger partial charge in [0.15, 0.2) is 0 Å². The molecule has 2 saturated heterocycles. The Balaban J connectivity index is 1.29. The molecule has 0 unspecified atom stereocenters. The molecule has 0 atom stereocenters. The van der Waals surface area contributed by atoms with Crippen LogP contribution in [0.3, 0.4) is 0 Å². The van der Waals surface area contributed by atoms with Crippen molar-refractivity contribution in [1.29, 1.82) is 0 Å². The van der Waals surface area contributed by atoms with E-state index in [1.165, 1.54) is 0 Å². The standard InChI is InChI=1S/C21H30N4O3/c1-2-28-21(27)24-13-7-16(8-14-24)15-23-11-9-17(10-12-23)25-19-6-4-3-5-18(19)22-20(25)26/h3-6,16-17H,2,7-15H2,1H3,(H,22,26). The number of carbonyl (C=O) groups is 1. The van der Waals surface area contributed by atoms with Crippen molar-refractivity contribution >= 4 is 17.1 Å². The zero-order valence-electron chi connectivity index (χ0n) is 16.6. The molecule has 0 spiro atoms. The first-order chi connectivity index (χ1) is 13.7. The van der Waals surface area contributed by atoms with Crippen molar-refractivity contribution in [2.24, 2.45) is 5.92 Å². The molecule has 2 fully saturated rings. The van der Waals surface area contributed by atoms with E-state index in [1.807, 2.05) is 40.7 Å². The Morgan fingerprint density at radius 1 is 1.11 bits per heavy atom. The van der Waals surface area contributed by atoms with Gasteiger partial charge in [0.1, 0.15) is 0 Å². The van der Waals surface area contributed by atoms with Gasteiger partial charge in [0.05, 0.1) is 17.6 Å². The number of piperidine rings is 2. The van der Waals surface area contributed by atoms with E-state index in [1.54, 1.807) is 0 Å². The quantitative estimate of drug-likeness (QED) is 0.877. The molecule has 1 aromatic heterocycles. The zero-order valence-corrected chi connectivity index (χ0v) is 16.6. The maximum atomic E-state index is 12.4. The fourth-order valence-corrected chi connectivity index (χ4v) is 4.67. The van der Waals surface area contributed by atoms with E-state index in [2.05, 4.69) is 9.88 Å². The molecule has 0 saturated carbocycles. The van der Waals surface area contributed by atoms with E-state index in [9.17, 15) is 9.59 Å². The summed E-state index contributed by atoms with van der Waals surface area (Å²) in [6.07, 6.45) is 3.92. The number of hydrogen-bond donors (Lipinski definition) is 1. The van der Waals surface area contributed by atoms with Gasteiger partial charge < -0.3 is 19.5 Å². The summed E-state index contributed by atoms with van der Waals surface area (Å²) in [6.45, 7) is 7.01. The number of para-hydroxylation sites is 2. The lowest BCUT2D eigenvalue weighted by atomic mass is 9.95. The summed E-state index contributed by atoms with van der Waals surface area (Å²) in [4.78, 5) is 31.6. The average Bonchev–Trinajstić information content (AvgIpc) is 3.05. The summed E-state index contributed by atoms with van der Waals surface area (Å²) in [7, 11) is 0. The predicted octanol–water partition coefficient (Wildman–Crippen LogP) is 2.84. The van der Waals surface area contributed by atoms with E-state index >= 15 is 0 Å². The summed E-state index contributed by atoms with van der Waals surface area (Å²) >= 11 is 0. The fraction of sp³-hybridized carbons (Fsp3) is 0.619. The molecule has 7 heteroatoms. The Bertz CT molecular complexity index is 858. The number of carbonyl (C=O) groups excluding carboxylic acids is 1. The third-order valence-electron chi connectivity index (χ3n) is 6.20. The first-order valence-corrected chi connectivity index (χ1v) is 10.5. The van der Waals surface area contributed by atoms with Crippen LogP contribution in [0.2, 0.25) is 0 Å². The molecule has 0 bridgehead atoms. The van der Waals surface area contributed by atoms with Crippen molar-refractivity contribution in [2.45, 2.75) is 38.6 Å². The first kappa shape index (κ1) is 19.1. The molecular weight excluding hydrogens is 356 g/mol. The minimum atomic E-state index is -0.175. The number of nitrogens with zero attached hydrogens (tertiary/aromatic N) is 3. The van der Waals surface area contributed by atoms with Gasteiger partial charge in [0.2, 0.25) is 0 Å². The van der Waals surface area contributed by atoms with Gasteiger partial charge in [0.25, 0.3) is 0 Å². The molecular formula is C21H30N4O3. The summed E-state index contributed by atoms with van der Waals surface area (Å²) < 4.78 is 7.05. The number of aromatic nitrogens is 2. The number of likely N-dealkylation sites (tertiary alicyclic amines) is 2. The third-order valence-corrected chi connectivity index (χ3v) is 6.20. The van der Waals surface area contributed by atoms with E-state index in [4.69, 9.17) is 4.74 Å². The molecule has 7 nitrogen and oxygen atoms in total. The Labute approximate surface area is 165 Å². The normalized spacial score (nSPS) is 20.0. The number of fused-ring (bicyclic) bond motifs is 1. The van der Waals surface area contributed by atoms with Gasteiger partial charge in [-0.2, -0.15) is 0 Å². The van der Waals surface area contributed by atoms with Crippen LogP contribution in [0.4, 0.5) is 4.79 Å². The number of H-pyrrole nitrogens is 1. The highest BCUT2D eigenvalue weighted by molar-refractivity contribution is 5.75. The molecule has 0 aliphatic carbocycles. The first-order valence-electron chi connectivity index (χ1n) is 10.5. The van der Waals surface area contributed by atoms with Crippen molar-refractivity contribution in [3.63, 3.8) is 0 Å². The van der Waals surface area contributed by atoms with Gasteiger partial charge in [0, 0.05) is 38.8 Å². The number of nitrogens with one attached hydrogen (secondary N) is 1. The lowest BCUT2D eigenvalue weighted by Crippen LogP contribution is -2.44. The summed E-state index contributed by atoms with van der Waals surface area (Å²) in [5, 5.41) is 0. The van der Waals surface area contributed by atoms with Crippen LogP contribution in [-0.4, -0.2) is 64.8 Å². The monoisotopic (exact) mass is 386 g/mol. The highest BCUT2D eigenvalue weighted by atomic mass is 16.6. The second-order valence-electron chi connectivity index (χ2n) is 7.98. The van der Waals surface area contributed by atoms with Gasteiger partial charge in [-0.25, -0.2) is 9.59 Å². The van der Waals surface area contributed by atoms with Crippen molar-refractivity contribution < 1.29 is 9.53 Å².